The predicted molar refractivity (Wildman–Crippen MR) is 88.9 cm³/mol. The van der Waals surface area contributed by atoms with Gasteiger partial charge in [0.15, 0.2) is 11.5 Å². The monoisotopic (exact) mass is 357 g/mol. The summed E-state index contributed by atoms with van der Waals surface area (Å²) < 4.78 is 11.6. The number of hydrogen-bond donors (Lipinski definition) is 0. The molecule has 110 valence electrons. The lowest BCUT2D eigenvalue weighted by Gasteiger charge is -2.32. The molecule has 0 aliphatic carbocycles. The van der Waals surface area contributed by atoms with Crippen molar-refractivity contribution in [2.75, 3.05) is 27.3 Å². The third-order valence-corrected chi connectivity index (χ3v) is 4.83. The summed E-state index contributed by atoms with van der Waals surface area (Å²) in [5.41, 5.74) is 0.999. The normalized spacial score (nSPS) is 16.1. The standard InChI is InChI=1S/C15H20BrNO2S/c1-10-4-6-17(7-5-10)15(20)11-8-12(16)14(19-3)13(9-11)18-2/h8-10H,4-7H2,1-3H3. The van der Waals surface area contributed by atoms with Crippen LogP contribution in [-0.2, 0) is 0 Å². The van der Waals surface area contributed by atoms with Crippen LogP contribution in [0.5, 0.6) is 11.5 Å². The molecule has 3 nitrogen and oxygen atoms in total. The Hall–Kier alpha value is -0.810. The molecule has 0 N–H and O–H groups in total. The van der Waals surface area contributed by atoms with Crippen molar-refractivity contribution in [1.82, 2.24) is 4.90 Å². The Balaban J connectivity index is 2.24. The van der Waals surface area contributed by atoms with Crippen LogP contribution >= 0.6 is 28.1 Å². The van der Waals surface area contributed by atoms with Crippen LogP contribution in [0.3, 0.4) is 0 Å². The zero-order chi connectivity index (χ0) is 14.7. The Kier molecular flexibility index (Phi) is 5.27. The van der Waals surface area contributed by atoms with E-state index in [1.54, 1.807) is 14.2 Å². The second-order valence-electron chi connectivity index (χ2n) is 5.17. The van der Waals surface area contributed by atoms with Crippen molar-refractivity contribution in [1.29, 1.82) is 0 Å². The number of rotatable bonds is 3. The highest BCUT2D eigenvalue weighted by molar-refractivity contribution is 9.10. The summed E-state index contributed by atoms with van der Waals surface area (Å²) in [5.74, 6) is 2.20. The van der Waals surface area contributed by atoms with Gasteiger partial charge in [0.2, 0.25) is 0 Å². The summed E-state index contributed by atoms with van der Waals surface area (Å²) in [5, 5.41) is 0. The summed E-state index contributed by atoms with van der Waals surface area (Å²) in [6.45, 7) is 4.37. The maximum Gasteiger partial charge on any atom is 0.174 e. The molecule has 1 aromatic carbocycles. The lowest BCUT2D eigenvalue weighted by atomic mass is 9.99. The minimum Gasteiger partial charge on any atom is -0.493 e. The molecule has 1 aliphatic rings. The van der Waals surface area contributed by atoms with E-state index in [2.05, 4.69) is 27.8 Å². The van der Waals surface area contributed by atoms with Crippen LogP contribution in [0.25, 0.3) is 0 Å². The van der Waals surface area contributed by atoms with E-state index in [0.717, 1.165) is 34.0 Å². The molecule has 0 radical (unpaired) electrons. The lowest BCUT2D eigenvalue weighted by molar-refractivity contribution is 0.284. The smallest absolute Gasteiger partial charge is 0.174 e. The van der Waals surface area contributed by atoms with E-state index >= 15 is 0 Å². The van der Waals surface area contributed by atoms with Crippen molar-refractivity contribution in [3.05, 3.63) is 22.2 Å². The number of benzene rings is 1. The molecule has 0 aromatic heterocycles. The fourth-order valence-corrected chi connectivity index (χ4v) is 3.34. The Morgan fingerprint density at radius 2 is 1.90 bits per heavy atom. The molecule has 1 aliphatic heterocycles. The first-order valence-electron chi connectivity index (χ1n) is 6.77. The van der Waals surface area contributed by atoms with Gasteiger partial charge in [-0.3, -0.25) is 0 Å². The molecule has 0 amide bonds. The van der Waals surface area contributed by atoms with Gasteiger partial charge in [-0.2, -0.15) is 0 Å². The minimum absolute atomic E-state index is 0.699. The van der Waals surface area contributed by atoms with Crippen LogP contribution in [0.2, 0.25) is 0 Å². The third kappa shape index (κ3) is 3.26. The molecular weight excluding hydrogens is 338 g/mol. The first-order valence-corrected chi connectivity index (χ1v) is 7.97. The van der Waals surface area contributed by atoms with Gasteiger partial charge in [-0.1, -0.05) is 19.1 Å². The first kappa shape index (κ1) is 15.6. The van der Waals surface area contributed by atoms with Crippen molar-refractivity contribution in [2.45, 2.75) is 19.8 Å². The van der Waals surface area contributed by atoms with Crippen LogP contribution in [0.4, 0.5) is 0 Å². The molecule has 1 saturated heterocycles. The molecule has 0 bridgehead atoms. The van der Waals surface area contributed by atoms with E-state index < -0.39 is 0 Å². The van der Waals surface area contributed by atoms with Crippen molar-refractivity contribution >= 4 is 33.1 Å². The van der Waals surface area contributed by atoms with Crippen LogP contribution in [0.15, 0.2) is 16.6 Å². The van der Waals surface area contributed by atoms with Crippen molar-refractivity contribution < 1.29 is 9.47 Å². The molecule has 1 heterocycles. The van der Waals surface area contributed by atoms with Gasteiger partial charge < -0.3 is 14.4 Å². The molecule has 2 rings (SSSR count). The average molecular weight is 358 g/mol. The number of methoxy groups -OCH3 is 2. The summed E-state index contributed by atoms with van der Waals surface area (Å²) in [6, 6.07) is 3.95. The minimum atomic E-state index is 0.699. The summed E-state index contributed by atoms with van der Waals surface area (Å²) >= 11 is 9.15. The predicted octanol–water partition coefficient (Wildman–Crippen LogP) is 3.87. The number of likely N-dealkylation sites (tertiary alicyclic amines) is 1. The van der Waals surface area contributed by atoms with Gasteiger partial charge in [-0.05, 0) is 46.8 Å². The van der Waals surface area contributed by atoms with Crippen molar-refractivity contribution in [2.24, 2.45) is 5.92 Å². The Morgan fingerprint density at radius 3 is 2.45 bits per heavy atom. The van der Waals surface area contributed by atoms with Crippen LogP contribution in [-0.4, -0.2) is 37.2 Å². The largest absolute Gasteiger partial charge is 0.493 e. The number of ether oxygens (including phenoxy) is 2. The molecule has 1 aromatic rings. The van der Waals surface area contributed by atoms with Gasteiger partial charge in [0.05, 0.1) is 18.7 Å². The van der Waals surface area contributed by atoms with E-state index in [-0.39, 0.29) is 0 Å². The molecular formula is C15H20BrNO2S. The highest BCUT2D eigenvalue weighted by Gasteiger charge is 2.20. The van der Waals surface area contributed by atoms with Gasteiger partial charge in [-0.25, -0.2) is 0 Å². The first-order chi connectivity index (χ1) is 9.56. The zero-order valence-electron chi connectivity index (χ0n) is 12.1. The zero-order valence-corrected chi connectivity index (χ0v) is 14.5. The summed E-state index contributed by atoms with van der Waals surface area (Å²) in [6.07, 6.45) is 2.41. The molecule has 20 heavy (non-hydrogen) atoms. The van der Waals surface area contributed by atoms with Crippen LogP contribution in [0.1, 0.15) is 25.3 Å². The Bertz CT molecular complexity index is 499. The second-order valence-corrected chi connectivity index (χ2v) is 6.41. The van der Waals surface area contributed by atoms with E-state index in [9.17, 15) is 0 Å². The fraction of sp³-hybridized carbons (Fsp3) is 0.533. The molecule has 0 saturated carbocycles. The van der Waals surface area contributed by atoms with Gasteiger partial charge in [0, 0.05) is 18.7 Å². The third-order valence-electron chi connectivity index (χ3n) is 3.75. The van der Waals surface area contributed by atoms with Gasteiger partial charge >= 0.3 is 0 Å². The van der Waals surface area contributed by atoms with Gasteiger partial charge in [-0.15, -0.1) is 0 Å². The van der Waals surface area contributed by atoms with E-state index in [4.69, 9.17) is 21.7 Å². The maximum absolute atomic E-state index is 5.63. The topological polar surface area (TPSA) is 21.7 Å². The highest BCUT2D eigenvalue weighted by Crippen LogP contribution is 2.37. The molecule has 0 unspecified atom stereocenters. The van der Waals surface area contributed by atoms with Gasteiger partial charge in [0.25, 0.3) is 0 Å². The number of nitrogens with zero attached hydrogens (tertiary/aromatic N) is 1. The maximum atomic E-state index is 5.63. The van der Waals surface area contributed by atoms with Crippen LogP contribution in [0, 0.1) is 5.92 Å². The number of thiocarbonyl (C=S) groups is 1. The van der Waals surface area contributed by atoms with Crippen LogP contribution < -0.4 is 9.47 Å². The quantitative estimate of drug-likeness (QED) is 0.765. The number of halogens is 1. The van der Waals surface area contributed by atoms with Crippen molar-refractivity contribution in [3.63, 3.8) is 0 Å². The molecule has 0 spiro atoms. The number of hydrogen-bond acceptors (Lipinski definition) is 3. The summed E-state index contributed by atoms with van der Waals surface area (Å²) in [4.78, 5) is 3.17. The number of piperidine rings is 1. The van der Waals surface area contributed by atoms with E-state index in [1.807, 2.05) is 12.1 Å². The Morgan fingerprint density at radius 1 is 1.25 bits per heavy atom. The average Bonchev–Trinajstić information content (AvgIpc) is 2.46. The van der Waals surface area contributed by atoms with Gasteiger partial charge in [0.1, 0.15) is 4.99 Å². The van der Waals surface area contributed by atoms with E-state index in [0.29, 0.717) is 11.5 Å². The lowest BCUT2D eigenvalue weighted by Crippen LogP contribution is -2.37. The highest BCUT2D eigenvalue weighted by atomic mass is 79.9. The molecule has 1 fully saturated rings. The molecule has 0 atom stereocenters. The fourth-order valence-electron chi connectivity index (χ4n) is 2.44. The summed E-state index contributed by atoms with van der Waals surface area (Å²) in [7, 11) is 3.27. The van der Waals surface area contributed by atoms with E-state index in [1.165, 1.54) is 12.8 Å². The Labute approximate surface area is 134 Å². The SMILES string of the molecule is COc1cc(C(=S)N2CCC(C)CC2)cc(Br)c1OC. The van der Waals surface area contributed by atoms with Crippen molar-refractivity contribution in [3.8, 4) is 11.5 Å². The second kappa shape index (κ2) is 6.76. The molecule has 5 heteroatoms.